The maximum absolute atomic E-state index is 10.1. The lowest BCUT2D eigenvalue weighted by Crippen LogP contribution is -1.80. The molecule has 0 rings (SSSR count). The van der Waals surface area contributed by atoms with Crippen molar-refractivity contribution in [3.05, 3.63) is 0 Å². The third-order valence-electron chi connectivity index (χ3n) is 0.983. The predicted octanol–water partition coefficient (Wildman–Crippen LogP) is 2.29. The van der Waals surface area contributed by atoms with Gasteiger partial charge in [0.05, 0.1) is 0 Å². The molecule has 0 amide bonds. The lowest BCUT2D eigenvalue weighted by Gasteiger charge is -1.87. The molecule has 0 aromatic carbocycles. The Morgan fingerprint density at radius 2 is 2.00 bits per heavy atom. The van der Waals surface area contributed by atoms with Gasteiger partial charge in [-0.2, -0.15) is 4.89 Å². The molecule has 0 aromatic rings. The van der Waals surface area contributed by atoms with Crippen molar-refractivity contribution in [1.82, 2.24) is 0 Å². The van der Waals surface area contributed by atoms with Gasteiger partial charge in [0.15, 0.2) is 6.16 Å². The molecule has 1 atom stereocenters. The zero-order valence-electron chi connectivity index (χ0n) is 5.22. The molecular weight excluding hydrogens is 203 g/mol. The molecule has 0 saturated heterocycles. The van der Waals surface area contributed by atoms with Crippen LogP contribution in [0.5, 0.6) is 0 Å². The first kappa shape index (κ1) is 9.54. The van der Waals surface area contributed by atoms with E-state index in [1.807, 2.05) is 0 Å². The highest BCUT2D eigenvalue weighted by molar-refractivity contribution is 9.09. The Hall–Kier alpha value is 0.540. The van der Waals surface area contributed by atoms with E-state index in [4.69, 9.17) is 4.89 Å². The van der Waals surface area contributed by atoms with Crippen LogP contribution in [-0.4, -0.2) is 16.4 Å². The molecule has 0 fully saturated rings. The maximum Gasteiger partial charge on any atom is 0.505 e. The molecule has 4 heteroatoms. The molecule has 0 bridgehead atoms. The highest BCUT2D eigenvalue weighted by Crippen LogP contribution is 2.15. The summed E-state index contributed by atoms with van der Waals surface area (Å²) in [6, 6.07) is 0. The van der Waals surface area contributed by atoms with Crippen LogP contribution in [0.15, 0.2) is 0 Å². The third-order valence-corrected chi connectivity index (χ3v) is 2.24. The summed E-state index contributed by atoms with van der Waals surface area (Å²) in [5.74, 6) is 0. The van der Waals surface area contributed by atoms with Gasteiger partial charge in [-0.05, 0) is 23.8 Å². The molecule has 1 N–H and O–H groups in total. The monoisotopic (exact) mass is 213 g/mol. The second-order valence-corrected chi connectivity index (χ2v) is 3.77. The summed E-state index contributed by atoms with van der Waals surface area (Å²) in [4.78, 5) is 8.35. The van der Waals surface area contributed by atoms with Gasteiger partial charge in [0.1, 0.15) is 0 Å². The third kappa shape index (κ3) is 8.54. The Morgan fingerprint density at radius 3 is 2.44 bits per heavy atom. The highest BCUT2D eigenvalue weighted by Gasteiger charge is 2.06. The quantitative estimate of drug-likeness (QED) is 0.433. The smallest absolute Gasteiger partial charge is 0.161 e. The van der Waals surface area contributed by atoms with Gasteiger partial charge >= 0.3 is 8.03 Å². The van der Waals surface area contributed by atoms with Gasteiger partial charge in [0, 0.05) is 5.33 Å². The number of halogens is 1. The minimum atomic E-state index is -1.88. The summed E-state index contributed by atoms with van der Waals surface area (Å²) < 4.78 is 10.1. The molecule has 9 heavy (non-hydrogen) atoms. The van der Waals surface area contributed by atoms with Crippen LogP contribution in [0.3, 0.4) is 0 Å². The molecular formula is C5H11BrO2P+. The van der Waals surface area contributed by atoms with Gasteiger partial charge in [-0.3, -0.25) is 0 Å². The van der Waals surface area contributed by atoms with Crippen molar-refractivity contribution in [3.63, 3.8) is 0 Å². The van der Waals surface area contributed by atoms with Crippen molar-refractivity contribution in [2.24, 2.45) is 0 Å². The number of hydrogen-bond donors (Lipinski definition) is 1. The standard InChI is InChI=1S/C5H10BrO2P/c6-4-2-1-3-5-9(7)8/h1-5H2/p+1. The molecule has 54 valence electrons. The summed E-state index contributed by atoms with van der Waals surface area (Å²) >= 11 is 3.28. The SMILES string of the molecule is O=[P+](O)CCCCCBr. The molecule has 0 saturated carbocycles. The van der Waals surface area contributed by atoms with Crippen LogP contribution in [0.1, 0.15) is 19.3 Å². The summed E-state index contributed by atoms with van der Waals surface area (Å²) in [7, 11) is -1.88. The fraction of sp³-hybridized carbons (Fsp3) is 1.00. The summed E-state index contributed by atoms with van der Waals surface area (Å²) in [6.07, 6.45) is 3.48. The molecule has 0 heterocycles. The van der Waals surface area contributed by atoms with E-state index in [0.717, 1.165) is 24.6 Å². The van der Waals surface area contributed by atoms with Crippen LogP contribution in [0.4, 0.5) is 0 Å². The maximum atomic E-state index is 10.1. The second kappa shape index (κ2) is 6.66. The second-order valence-electron chi connectivity index (χ2n) is 1.83. The van der Waals surface area contributed by atoms with Gasteiger partial charge in [0.25, 0.3) is 0 Å². The van der Waals surface area contributed by atoms with E-state index in [0.29, 0.717) is 6.16 Å². The molecule has 0 spiro atoms. The van der Waals surface area contributed by atoms with Gasteiger partial charge in [-0.15, -0.1) is 0 Å². The van der Waals surface area contributed by atoms with Crippen LogP contribution in [0.25, 0.3) is 0 Å². The first-order valence-electron chi connectivity index (χ1n) is 2.97. The number of alkyl halides is 1. The predicted molar refractivity (Wildman–Crippen MR) is 42.3 cm³/mol. The van der Waals surface area contributed by atoms with Gasteiger partial charge < -0.3 is 0 Å². The average molecular weight is 214 g/mol. The first-order chi connectivity index (χ1) is 4.27. The van der Waals surface area contributed by atoms with Gasteiger partial charge in [-0.1, -0.05) is 15.9 Å². The van der Waals surface area contributed by atoms with Crippen LogP contribution < -0.4 is 0 Å². The van der Waals surface area contributed by atoms with E-state index in [1.54, 1.807) is 0 Å². The summed E-state index contributed by atoms with van der Waals surface area (Å²) in [5, 5.41) is 0.995. The topological polar surface area (TPSA) is 37.3 Å². The van der Waals surface area contributed by atoms with Crippen molar-refractivity contribution in [2.75, 3.05) is 11.5 Å². The van der Waals surface area contributed by atoms with Gasteiger partial charge in [-0.25, -0.2) is 0 Å². The van der Waals surface area contributed by atoms with E-state index in [1.165, 1.54) is 0 Å². The van der Waals surface area contributed by atoms with Crippen LogP contribution in [0, 0.1) is 0 Å². The Kier molecular flexibility index (Phi) is 7.06. The molecule has 1 unspecified atom stereocenters. The molecule has 2 nitrogen and oxygen atoms in total. The molecule has 0 radical (unpaired) electrons. The Bertz CT molecular complexity index is 87.0. The summed E-state index contributed by atoms with van der Waals surface area (Å²) in [5.41, 5.74) is 0. The van der Waals surface area contributed by atoms with Crippen molar-refractivity contribution < 1.29 is 9.46 Å². The molecule has 0 aliphatic rings. The Morgan fingerprint density at radius 1 is 1.33 bits per heavy atom. The zero-order valence-corrected chi connectivity index (χ0v) is 7.70. The van der Waals surface area contributed by atoms with Gasteiger partial charge in [0.2, 0.25) is 0 Å². The van der Waals surface area contributed by atoms with Crippen LogP contribution in [0.2, 0.25) is 0 Å². The minimum absolute atomic E-state index is 0.461. The van der Waals surface area contributed by atoms with E-state index < -0.39 is 8.03 Å². The molecule has 0 aliphatic heterocycles. The Labute approximate surface area is 64.7 Å². The average Bonchev–Trinajstić information content (AvgIpc) is 1.80. The van der Waals surface area contributed by atoms with E-state index in [-0.39, 0.29) is 0 Å². The lowest BCUT2D eigenvalue weighted by molar-refractivity contribution is 0.500. The fourth-order valence-corrected chi connectivity index (χ4v) is 1.41. The van der Waals surface area contributed by atoms with E-state index in [2.05, 4.69) is 15.9 Å². The zero-order chi connectivity index (χ0) is 7.11. The van der Waals surface area contributed by atoms with Crippen LogP contribution in [-0.2, 0) is 4.57 Å². The van der Waals surface area contributed by atoms with Crippen molar-refractivity contribution in [1.29, 1.82) is 0 Å². The highest BCUT2D eigenvalue weighted by atomic mass is 79.9. The first-order valence-corrected chi connectivity index (χ1v) is 5.49. The number of unbranched alkanes of at least 4 members (excludes halogenated alkanes) is 2. The minimum Gasteiger partial charge on any atom is -0.161 e. The normalized spacial score (nSPS) is 11.6. The molecule has 0 aliphatic carbocycles. The van der Waals surface area contributed by atoms with E-state index >= 15 is 0 Å². The van der Waals surface area contributed by atoms with Crippen molar-refractivity contribution >= 4 is 24.0 Å². The number of hydrogen-bond acceptors (Lipinski definition) is 1. The summed E-state index contributed by atoms with van der Waals surface area (Å²) in [6.45, 7) is 0. The Balaban J connectivity index is 2.83. The lowest BCUT2D eigenvalue weighted by atomic mass is 10.3. The van der Waals surface area contributed by atoms with Crippen molar-refractivity contribution in [2.45, 2.75) is 19.3 Å². The molecule has 0 aromatic heterocycles. The largest absolute Gasteiger partial charge is 0.505 e. The number of rotatable bonds is 5. The van der Waals surface area contributed by atoms with E-state index in [9.17, 15) is 4.57 Å². The fourth-order valence-electron chi connectivity index (χ4n) is 0.518. The van der Waals surface area contributed by atoms with Crippen molar-refractivity contribution in [3.8, 4) is 0 Å². The van der Waals surface area contributed by atoms with Crippen LogP contribution >= 0.6 is 24.0 Å².